The minimum atomic E-state index is 0. The molecule has 1 nitrogen and oxygen atoms in total. The minimum absolute atomic E-state index is 0. The zero-order valence-corrected chi connectivity index (χ0v) is 7.39. The molecule has 10 heavy (non-hydrogen) atoms. The molecule has 0 amide bonds. The molecule has 0 heterocycles. The van der Waals surface area contributed by atoms with Crippen LogP contribution in [0.1, 0.15) is 6.92 Å². The first-order valence-corrected chi connectivity index (χ1v) is 3.14. The van der Waals surface area contributed by atoms with Gasteiger partial charge in [-0.05, 0) is 6.92 Å². The molecule has 1 N–H and O–H groups in total. The van der Waals surface area contributed by atoms with E-state index in [1.807, 2.05) is 24.3 Å². The Morgan fingerprint density at radius 3 is 2.80 bits per heavy atom. The number of para-hydroxylation sites is 1. The van der Waals surface area contributed by atoms with Crippen molar-refractivity contribution in [2.24, 2.45) is 0 Å². The van der Waals surface area contributed by atoms with E-state index in [0.29, 0.717) is 0 Å². The zero-order chi connectivity index (χ0) is 6.53. The van der Waals surface area contributed by atoms with Crippen molar-refractivity contribution in [3.05, 3.63) is 30.3 Å². The molecule has 0 unspecified atom stereocenters. The number of nitrogens with one attached hydrogen (secondary N) is 1. The van der Waals surface area contributed by atoms with E-state index in [-0.39, 0.29) is 20.4 Å². The van der Waals surface area contributed by atoms with Crippen LogP contribution in [0.5, 0.6) is 0 Å². The van der Waals surface area contributed by atoms with Crippen LogP contribution in [0.25, 0.3) is 0 Å². The molecule has 0 aliphatic rings. The molecular formula is C8H10NPd-. The van der Waals surface area contributed by atoms with Crippen LogP contribution in [0, 0.1) is 6.07 Å². The Bertz CT molecular complexity index is 162. The maximum Gasteiger partial charge on any atom is 0.00970 e. The van der Waals surface area contributed by atoms with Crippen molar-refractivity contribution in [3.63, 3.8) is 0 Å². The second-order valence-corrected chi connectivity index (χ2v) is 1.81. The summed E-state index contributed by atoms with van der Waals surface area (Å²) in [5, 5.41) is 3.15. The molecule has 2 heteroatoms. The van der Waals surface area contributed by atoms with Crippen molar-refractivity contribution in [1.29, 1.82) is 0 Å². The van der Waals surface area contributed by atoms with E-state index < -0.39 is 0 Å². The molecule has 0 aliphatic heterocycles. The van der Waals surface area contributed by atoms with Crippen LogP contribution in [-0.4, -0.2) is 6.54 Å². The first-order chi connectivity index (χ1) is 4.43. The average Bonchev–Trinajstić information content (AvgIpc) is 1.91. The summed E-state index contributed by atoms with van der Waals surface area (Å²) in [6, 6.07) is 10.9. The van der Waals surface area contributed by atoms with Gasteiger partial charge in [-0.25, -0.2) is 0 Å². The van der Waals surface area contributed by atoms with Gasteiger partial charge in [-0.2, -0.15) is 24.3 Å². The number of hydrogen-bond donors (Lipinski definition) is 1. The molecule has 0 atom stereocenters. The molecule has 0 fully saturated rings. The Kier molecular flexibility index (Phi) is 5.29. The summed E-state index contributed by atoms with van der Waals surface area (Å²) >= 11 is 0. The summed E-state index contributed by atoms with van der Waals surface area (Å²) in [5.74, 6) is 0. The third kappa shape index (κ3) is 3.01. The molecule has 1 aromatic carbocycles. The Hall–Kier alpha value is -0.318. The summed E-state index contributed by atoms with van der Waals surface area (Å²) < 4.78 is 0. The monoisotopic (exact) mass is 226 g/mol. The van der Waals surface area contributed by atoms with E-state index in [0.717, 1.165) is 12.2 Å². The summed E-state index contributed by atoms with van der Waals surface area (Å²) in [6.45, 7) is 3.03. The first-order valence-electron chi connectivity index (χ1n) is 3.14. The van der Waals surface area contributed by atoms with Crippen molar-refractivity contribution >= 4 is 5.69 Å². The topological polar surface area (TPSA) is 12.0 Å². The van der Waals surface area contributed by atoms with Crippen LogP contribution in [0.3, 0.4) is 0 Å². The maximum atomic E-state index is 3.15. The Morgan fingerprint density at radius 1 is 1.50 bits per heavy atom. The molecule has 0 spiro atoms. The summed E-state index contributed by atoms with van der Waals surface area (Å²) in [7, 11) is 0. The van der Waals surface area contributed by atoms with Gasteiger partial charge in [0.15, 0.2) is 0 Å². The van der Waals surface area contributed by atoms with E-state index in [2.05, 4.69) is 18.3 Å². The minimum Gasteiger partial charge on any atom is -0.407 e. The van der Waals surface area contributed by atoms with Gasteiger partial charge in [0, 0.05) is 27.0 Å². The SMILES string of the molecule is CCNc1[c-]cccc1.[Pd]. The van der Waals surface area contributed by atoms with Crippen molar-refractivity contribution in [2.45, 2.75) is 6.92 Å². The summed E-state index contributed by atoms with van der Waals surface area (Å²) in [4.78, 5) is 0. The average molecular weight is 227 g/mol. The molecule has 0 bridgehead atoms. The third-order valence-corrected chi connectivity index (χ3v) is 1.08. The van der Waals surface area contributed by atoms with Gasteiger partial charge in [-0.1, -0.05) is 5.69 Å². The quantitative estimate of drug-likeness (QED) is 0.600. The van der Waals surface area contributed by atoms with E-state index in [1.54, 1.807) is 0 Å². The van der Waals surface area contributed by atoms with Crippen molar-refractivity contribution in [1.82, 2.24) is 0 Å². The van der Waals surface area contributed by atoms with E-state index in [4.69, 9.17) is 0 Å². The van der Waals surface area contributed by atoms with Gasteiger partial charge in [-0.3, -0.25) is 0 Å². The van der Waals surface area contributed by atoms with E-state index in [1.165, 1.54) is 0 Å². The number of anilines is 1. The number of hydrogen-bond acceptors (Lipinski definition) is 1. The zero-order valence-electron chi connectivity index (χ0n) is 5.83. The summed E-state index contributed by atoms with van der Waals surface area (Å²) in [5.41, 5.74) is 1.07. The smallest absolute Gasteiger partial charge is 0.00970 e. The van der Waals surface area contributed by atoms with Gasteiger partial charge in [-0.15, -0.1) is 6.07 Å². The number of benzene rings is 1. The van der Waals surface area contributed by atoms with Crippen molar-refractivity contribution in [3.8, 4) is 0 Å². The maximum absolute atomic E-state index is 3.15. The van der Waals surface area contributed by atoms with E-state index in [9.17, 15) is 0 Å². The second-order valence-electron chi connectivity index (χ2n) is 1.81. The predicted octanol–water partition coefficient (Wildman–Crippen LogP) is 1.92. The van der Waals surface area contributed by atoms with Crippen molar-refractivity contribution < 1.29 is 20.4 Å². The molecule has 1 aromatic rings. The second kappa shape index (κ2) is 5.47. The predicted molar refractivity (Wildman–Crippen MR) is 39.4 cm³/mol. The molecule has 0 radical (unpaired) electrons. The van der Waals surface area contributed by atoms with E-state index >= 15 is 0 Å². The van der Waals surface area contributed by atoms with Crippen LogP contribution < -0.4 is 5.32 Å². The third-order valence-electron chi connectivity index (χ3n) is 1.08. The van der Waals surface area contributed by atoms with Crippen LogP contribution in [0.4, 0.5) is 5.69 Å². The van der Waals surface area contributed by atoms with Gasteiger partial charge in [0.2, 0.25) is 0 Å². The number of rotatable bonds is 2. The van der Waals surface area contributed by atoms with Crippen LogP contribution in [0.15, 0.2) is 24.3 Å². The molecule has 58 valence electrons. The Morgan fingerprint density at radius 2 is 2.30 bits per heavy atom. The normalized spacial score (nSPS) is 8.10. The van der Waals surface area contributed by atoms with Gasteiger partial charge >= 0.3 is 0 Å². The standard InChI is InChI=1S/C8H10N.Pd/c1-2-9-8-6-4-3-5-7-8;/h3-6,9H,2H2,1H3;/q-1;. The molecule has 0 aromatic heterocycles. The fourth-order valence-electron chi connectivity index (χ4n) is 0.694. The fraction of sp³-hybridized carbons (Fsp3) is 0.250. The molecule has 0 saturated carbocycles. The largest absolute Gasteiger partial charge is 0.407 e. The molecule has 0 aliphatic carbocycles. The van der Waals surface area contributed by atoms with Crippen LogP contribution in [0.2, 0.25) is 0 Å². The molecule has 1 rings (SSSR count). The fourth-order valence-corrected chi connectivity index (χ4v) is 0.694. The molecular weight excluding hydrogens is 217 g/mol. The van der Waals surface area contributed by atoms with Gasteiger partial charge in [0.25, 0.3) is 0 Å². The molecule has 0 saturated heterocycles. The van der Waals surface area contributed by atoms with Gasteiger partial charge < -0.3 is 5.32 Å². The Labute approximate surface area is 75.5 Å². The van der Waals surface area contributed by atoms with Crippen LogP contribution >= 0.6 is 0 Å². The van der Waals surface area contributed by atoms with Crippen LogP contribution in [-0.2, 0) is 20.4 Å². The van der Waals surface area contributed by atoms with Crippen molar-refractivity contribution in [2.75, 3.05) is 11.9 Å². The summed E-state index contributed by atoms with van der Waals surface area (Å²) in [6.07, 6.45) is 0. The first kappa shape index (κ1) is 9.68. The Balaban J connectivity index is 0.000000810. The van der Waals surface area contributed by atoms with Gasteiger partial charge in [0.05, 0.1) is 0 Å². The van der Waals surface area contributed by atoms with Gasteiger partial charge in [0.1, 0.15) is 0 Å².